The molecule has 0 unspecified atom stereocenters. The van der Waals surface area contributed by atoms with Gasteiger partial charge >= 0.3 is 0 Å². The first-order valence-corrected chi connectivity index (χ1v) is 12.9. The maximum absolute atomic E-state index is 13.1. The largest absolute Gasteiger partial charge is 0.482 e. The third-order valence-electron chi connectivity index (χ3n) is 5.03. The Morgan fingerprint density at radius 1 is 0.941 bits per heavy atom. The Bertz CT molecular complexity index is 1140. The van der Waals surface area contributed by atoms with Crippen molar-refractivity contribution in [2.45, 2.75) is 31.8 Å². The van der Waals surface area contributed by atoms with Crippen molar-refractivity contribution in [3.63, 3.8) is 0 Å². The number of halogens is 1. The first-order chi connectivity index (χ1) is 16.2. The van der Waals surface area contributed by atoms with E-state index in [2.05, 4.69) is 4.72 Å². The molecule has 0 heterocycles. The highest BCUT2D eigenvalue weighted by atomic mass is 35.5. The van der Waals surface area contributed by atoms with Crippen LogP contribution in [-0.4, -0.2) is 32.4 Å². The van der Waals surface area contributed by atoms with Crippen molar-refractivity contribution in [3.8, 4) is 5.75 Å². The number of hydrogen-bond acceptors (Lipinski definition) is 4. The number of benzene rings is 3. The minimum Gasteiger partial charge on any atom is -0.482 e. The summed E-state index contributed by atoms with van der Waals surface area (Å²) in [5, 5.41) is 0.123. The second-order valence-corrected chi connectivity index (χ2v) is 10.5. The number of carbonyl (C=O) groups is 1. The quantitative estimate of drug-likeness (QED) is 0.407. The van der Waals surface area contributed by atoms with Crippen molar-refractivity contribution >= 4 is 27.5 Å². The first-order valence-electron chi connectivity index (χ1n) is 11.0. The second kappa shape index (κ2) is 12.0. The molecule has 0 aliphatic heterocycles. The zero-order valence-electron chi connectivity index (χ0n) is 19.3. The molecule has 0 aliphatic carbocycles. The molecule has 8 heteroatoms. The fourth-order valence-corrected chi connectivity index (χ4v) is 4.74. The van der Waals surface area contributed by atoms with Crippen LogP contribution in [0.25, 0.3) is 0 Å². The zero-order chi connectivity index (χ0) is 24.6. The number of nitrogens with zero attached hydrogens (tertiary/aromatic N) is 1. The number of ether oxygens (including phenoxy) is 1. The maximum atomic E-state index is 13.1. The average molecular weight is 501 g/mol. The molecule has 0 aromatic heterocycles. The van der Waals surface area contributed by atoms with Gasteiger partial charge in [0.25, 0.3) is 5.91 Å². The van der Waals surface area contributed by atoms with Crippen molar-refractivity contribution in [2.24, 2.45) is 5.92 Å². The SMILES string of the molecule is CC(C)CNS(=O)(=O)c1ccc(OCC(=O)N(Cc2ccccc2)Cc2ccccc2)c(Cl)c1. The van der Waals surface area contributed by atoms with E-state index < -0.39 is 10.0 Å². The maximum Gasteiger partial charge on any atom is 0.261 e. The lowest BCUT2D eigenvalue weighted by atomic mass is 10.1. The van der Waals surface area contributed by atoms with Crippen LogP contribution in [0.1, 0.15) is 25.0 Å². The Morgan fingerprint density at radius 3 is 2.00 bits per heavy atom. The van der Waals surface area contributed by atoms with Crippen LogP contribution in [-0.2, 0) is 27.9 Å². The van der Waals surface area contributed by atoms with Gasteiger partial charge in [-0.25, -0.2) is 13.1 Å². The molecule has 3 rings (SSSR count). The fraction of sp³-hybridized carbons (Fsp3) is 0.269. The Morgan fingerprint density at radius 2 is 1.50 bits per heavy atom. The number of amides is 1. The summed E-state index contributed by atoms with van der Waals surface area (Å²) < 4.78 is 33.1. The third kappa shape index (κ3) is 7.58. The van der Waals surface area contributed by atoms with E-state index in [1.807, 2.05) is 74.5 Å². The lowest BCUT2D eigenvalue weighted by molar-refractivity contribution is -0.134. The molecule has 0 saturated carbocycles. The van der Waals surface area contributed by atoms with E-state index in [1.165, 1.54) is 18.2 Å². The number of nitrogens with one attached hydrogen (secondary N) is 1. The summed E-state index contributed by atoms with van der Waals surface area (Å²) in [5.74, 6) is 0.213. The van der Waals surface area contributed by atoms with Gasteiger partial charge in [-0.1, -0.05) is 86.1 Å². The summed E-state index contributed by atoms with van der Waals surface area (Å²) in [4.78, 5) is 14.8. The van der Waals surface area contributed by atoms with Gasteiger partial charge in [-0.15, -0.1) is 0 Å². The lowest BCUT2D eigenvalue weighted by Crippen LogP contribution is -2.34. The molecule has 3 aromatic rings. The molecular weight excluding hydrogens is 472 g/mol. The lowest BCUT2D eigenvalue weighted by Gasteiger charge is -2.23. The molecule has 1 N–H and O–H groups in total. The highest BCUT2D eigenvalue weighted by Gasteiger charge is 2.19. The van der Waals surface area contributed by atoms with Crippen molar-refractivity contribution in [1.82, 2.24) is 9.62 Å². The molecule has 3 aromatic carbocycles. The van der Waals surface area contributed by atoms with Crippen LogP contribution in [0, 0.1) is 5.92 Å². The van der Waals surface area contributed by atoms with Crippen molar-refractivity contribution in [3.05, 3.63) is 95.0 Å². The molecule has 0 spiro atoms. The van der Waals surface area contributed by atoms with Crippen LogP contribution in [0.5, 0.6) is 5.75 Å². The molecule has 0 fully saturated rings. The van der Waals surface area contributed by atoms with E-state index in [4.69, 9.17) is 16.3 Å². The molecule has 0 saturated heterocycles. The second-order valence-electron chi connectivity index (χ2n) is 8.35. The molecule has 34 heavy (non-hydrogen) atoms. The third-order valence-corrected chi connectivity index (χ3v) is 6.75. The predicted molar refractivity (Wildman–Crippen MR) is 134 cm³/mol. The van der Waals surface area contributed by atoms with E-state index >= 15 is 0 Å². The van der Waals surface area contributed by atoms with Gasteiger partial charge in [0.2, 0.25) is 10.0 Å². The molecule has 0 radical (unpaired) electrons. The minimum atomic E-state index is -3.67. The summed E-state index contributed by atoms with van der Waals surface area (Å²) in [6, 6.07) is 23.7. The summed E-state index contributed by atoms with van der Waals surface area (Å²) in [7, 11) is -3.67. The van der Waals surface area contributed by atoms with Gasteiger partial charge in [0, 0.05) is 19.6 Å². The Labute approximate surface area is 206 Å². The van der Waals surface area contributed by atoms with Crippen LogP contribution in [0.4, 0.5) is 0 Å². The molecule has 0 aliphatic rings. The molecule has 180 valence electrons. The van der Waals surface area contributed by atoms with Gasteiger partial charge in [0.15, 0.2) is 6.61 Å². The van der Waals surface area contributed by atoms with E-state index in [9.17, 15) is 13.2 Å². The summed E-state index contributed by atoms with van der Waals surface area (Å²) >= 11 is 6.28. The van der Waals surface area contributed by atoms with Crippen LogP contribution in [0.3, 0.4) is 0 Å². The fourth-order valence-electron chi connectivity index (χ4n) is 3.20. The summed E-state index contributed by atoms with van der Waals surface area (Å²) in [5.41, 5.74) is 2.02. The monoisotopic (exact) mass is 500 g/mol. The Hall–Kier alpha value is -2.87. The predicted octanol–water partition coefficient (Wildman–Crippen LogP) is 4.88. The summed E-state index contributed by atoms with van der Waals surface area (Å²) in [6.45, 7) is 4.81. The standard InChI is InChI=1S/C26H29ClN2O4S/c1-20(2)16-28-34(31,32)23-13-14-25(24(27)15-23)33-19-26(30)29(17-21-9-5-3-6-10-21)18-22-11-7-4-8-12-22/h3-15,20,28H,16-19H2,1-2H3. The summed E-state index contributed by atoms with van der Waals surface area (Å²) in [6.07, 6.45) is 0. The van der Waals surface area contributed by atoms with Gasteiger partial charge < -0.3 is 9.64 Å². The zero-order valence-corrected chi connectivity index (χ0v) is 20.9. The molecule has 0 atom stereocenters. The Balaban J connectivity index is 1.69. The highest BCUT2D eigenvalue weighted by molar-refractivity contribution is 7.89. The number of carbonyl (C=O) groups excluding carboxylic acids is 1. The molecule has 0 bridgehead atoms. The van der Waals surface area contributed by atoms with Crippen molar-refractivity contribution in [2.75, 3.05) is 13.2 Å². The highest BCUT2D eigenvalue weighted by Crippen LogP contribution is 2.27. The van der Waals surface area contributed by atoms with E-state index in [1.54, 1.807) is 4.90 Å². The van der Waals surface area contributed by atoms with Crippen LogP contribution < -0.4 is 9.46 Å². The number of rotatable bonds is 11. The Kier molecular flexibility index (Phi) is 9.10. The van der Waals surface area contributed by atoms with E-state index in [-0.39, 0.29) is 34.1 Å². The van der Waals surface area contributed by atoms with Crippen LogP contribution in [0.15, 0.2) is 83.8 Å². The van der Waals surface area contributed by atoms with Crippen molar-refractivity contribution < 1.29 is 17.9 Å². The van der Waals surface area contributed by atoms with Crippen LogP contribution >= 0.6 is 11.6 Å². The normalized spacial score (nSPS) is 11.4. The molecular formula is C26H29ClN2O4S. The van der Waals surface area contributed by atoms with E-state index in [0.717, 1.165) is 11.1 Å². The number of hydrogen-bond donors (Lipinski definition) is 1. The van der Waals surface area contributed by atoms with Gasteiger partial charge in [0.05, 0.1) is 9.92 Å². The average Bonchev–Trinajstić information content (AvgIpc) is 2.82. The molecule has 6 nitrogen and oxygen atoms in total. The van der Waals surface area contributed by atoms with Crippen LogP contribution in [0.2, 0.25) is 5.02 Å². The van der Waals surface area contributed by atoms with Gasteiger partial charge in [-0.3, -0.25) is 4.79 Å². The van der Waals surface area contributed by atoms with Gasteiger partial charge in [-0.2, -0.15) is 0 Å². The van der Waals surface area contributed by atoms with E-state index in [0.29, 0.717) is 19.6 Å². The van der Waals surface area contributed by atoms with Gasteiger partial charge in [-0.05, 0) is 35.2 Å². The van der Waals surface area contributed by atoms with Crippen molar-refractivity contribution in [1.29, 1.82) is 0 Å². The smallest absolute Gasteiger partial charge is 0.261 e. The van der Waals surface area contributed by atoms with Gasteiger partial charge in [0.1, 0.15) is 5.75 Å². The first kappa shape index (κ1) is 25.7. The topological polar surface area (TPSA) is 75.7 Å². The minimum absolute atomic E-state index is 0.0478. The molecule has 1 amide bonds. The number of sulfonamides is 1.